The fraction of sp³-hybridized carbons (Fsp3) is 0.615. The normalized spacial score (nSPS) is 24.3. The van der Waals surface area contributed by atoms with Gasteiger partial charge >= 0.3 is 0 Å². The van der Waals surface area contributed by atoms with E-state index in [1.165, 1.54) is 0 Å². The van der Waals surface area contributed by atoms with Gasteiger partial charge in [0, 0.05) is 7.05 Å². The summed E-state index contributed by atoms with van der Waals surface area (Å²) in [5.74, 6) is 1.05. The van der Waals surface area contributed by atoms with Crippen LogP contribution in [0.3, 0.4) is 0 Å². The summed E-state index contributed by atoms with van der Waals surface area (Å²) in [6.45, 7) is 0. The highest BCUT2D eigenvalue weighted by molar-refractivity contribution is 5.47. The highest BCUT2D eigenvalue weighted by Gasteiger charge is 2.28. The summed E-state index contributed by atoms with van der Waals surface area (Å²) in [6, 6.07) is 0. The van der Waals surface area contributed by atoms with E-state index < -0.39 is 0 Å². The molecule has 1 N–H and O–H groups in total. The molecule has 2 aromatic rings. The minimum Gasteiger partial charge on any atom is -0.392 e. The van der Waals surface area contributed by atoms with E-state index in [4.69, 9.17) is 4.52 Å². The molecule has 19 heavy (non-hydrogen) atoms. The molecule has 0 aromatic carbocycles. The number of nitrogens with zero attached hydrogens (tertiary/aromatic N) is 4. The number of aromatic nitrogens is 4. The van der Waals surface area contributed by atoms with E-state index in [2.05, 4.69) is 15.1 Å². The lowest BCUT2D eigenvalue weighted by Crippen LogP contribution is -2.17. The van der Waals surface area contributed by atoms with E-state index in [1.54, 1.807) is 12.5 Å². The molecule has 0 aliphatic heterocycles. The Balaban J connectivity index is 1.86. The zero-order valence-electron chi connectivity index (χ0n) is 11.0. The van der Waals surface area contributed by atoms with Gasteiger partial charge < -0.3 is 14.2 Å². The van der Waals surface area contributed by atoms with Crippen molar-refractivity contribution in [2.45, 2.75) is 44.1 Å². The number of hydrogen-bond donors (Lipinski definition) is 1. The van der Waals surface area contributed by atoms with Crippen LogP contribution in [0.2, 0.25) is 0 Å². The van der Waals surface area contributed by atoms with Gasteiger partial charge in [-0.1, -0.05) is 24.4 Å². The summed E-state index contributed by atoms with van der Waals surface area (Å²) < 4.78 is 7.19. The first-order valence-electron chi connectivity index (χ1n) is 6.74. The van der Waals surface area contributed by atoms with Crippen LogP contribution in [0, 0.1) is 0 Å². The van der Waals surface area contributed by atoms with Gasteiger partial charge in [-0.25, -0.2) is 4.98 Å². The van der Waals surface area contributed by atoms with Gasteiger partial charge in [-0.3, -0.25) is 0 Å². The smallest absolute Gasteiger partial charge is 0.232 e. The highest BCUT2D eigenvalue weighted by Crippen LogP contribution is 2.31. The van der Waals surface area contributed by atoms with Crippen LogP contribution >= 0.6 is 0 Å². The monoisotopic (exact) mass is 262 g/mol. The van der Waals surface area contributed by atoms with Gasteiger partial charge in [-0.2, -0.15) is 4.98 Å². The van der Waals surface area contributed by atoms with Crippen molar-refractivity contribution in [3.8, 4) is 11.5 Å². The Hall–Kier alpha value is -1.69. The average molecular weight is 262 g/mol. The van der Waals surface area contributed by atoms with E-state index in [9.17, 15) is 5.11 Å². The molecule has 2 aromatic heterocycles. The molecule has 0 amide bonds. The molecule has 0 spiro atoms. The Labute approximate surface area is 111 Å². The number of aliphatic hydroxyl groups is 1. The minimum absolute atomic E-state index is 0.0306. The molecule has 3 rings (SSSR count). The highest BCUT2D eigenvalue weighted by atomic mass is 16.5. The van der Waals surface area contributed by atoms with E-state index in [0.29, 0.717) is 11.7 Å². The Morgan fingerprint density at radius 3 is 2.95 bits per heavy atom. The number of imidazole rings is 1. The molecule has 102 valence electrons. The van der Waals surface area contributed by atoms with Crippen molar-refractivity contribution in [3.63, 3.8) is 0 Å². The maximum absolute atomic E-state index is 10.2. The second kappa shape index (κ2) is 5.13. The zero-order chi connectivity index (χ0) is 13.2. The van der Waals surface area contributed by atoms with Crippen molar-refractivity contribution in [1.82, 2.24) is 19.7 Å². The van der Waals surface area contributed by atoms with Crippen LogP contribution in [-0.2, 0) is 7.05 Å². The largest absolute Gasteiger partial charge is 0.392 e. The second-order valence-electron chi connectivity index (χ2n) is 5.16. The lowest BCUT2D eigenvalue weighted by Gasteiger charge is -2.15. The molecule has 1 aliphatic rings. The van der Waals surface area contributed by atoms with Crippen molar-refractivity contribution >= 4 is 0 Å². The first-order valence-corrected chi connectivity index (χ1v) is 6.74. The van der Waals surface area contributed by atoms with Gasteiger partial charge in [0.15, 0.2) is 0 Å². The van der Waals surface area contributed by atoms with Gasteiger partial charge in [-0.15, -0.1) is 0 Å². The summed E-state index contributed by atoms with van der Waals surface area (Å²) in [7, 11) is 1.89. The van der Waals surface area contributed by atoms with Crippen molar-refractivity contribution in [1.29, 1.82) is 0 Å². The topological polar surface area (TPSA) is 77.0 Å². The molecule has 2 heterocycles. The first kappa shape index (κ1) is 12.3. The maximum Gasteiger partial charge on any atom is 0.232 e. The molecule has 2 unspecified atom stereocenters. The Morgan fingerprint density at radius 1 is 1.32 bits per heavy atom. The van der Waals surface area contributed by atoms with Gasteiger partial charge in [0.2, 0.25) is 11.7 Å². The Kier molecular flexibility index (Phi) is 3.33. The molecule has 6 heteroatoms. The molecule has 1 aliphatic carbocycles. The van der Waals surface area contributed by atoms with Crippen LogP contribution < -0.4 is 0 Å². The number of rotatable bonds is 2. The summed E-state index contributed by atoms with van der Waals surface area (Å²) in [6.07, 6.45) is 8.09. The van der Waals surface area contributed by atoms with E-state index >= 15 is 0 Å². The molecule has 0 saturated heterocycles. The third kappa shape index (κ3) is 2.40. The van der Waals surface area contributed by atoms with Crippen LogP contribution in [-0.4, -0.2) is 30.9 Å². The molecular weight excluding hydrogens is 244 g/mol. The maximum atomic E-state index is 10.2. The van der Waals surface area contributed by atoms with Gasteiger partial charge in [-0.05, 0) is 12.8 Å². The molecule has 1 saturated carbocycles. The SMILES string of the molecule is Cn1cncc1-c1noc(C2CCCCCC2O)n1. The lowest BCUT2D eigenvalue weighted by atomic mass is 9.97. The molecule has 1 fully saturated rings. The summed E-state index contributed by atoms with van der Waals surface area (Å²) in [5, 5.41) is 14.2. The number of hydrogen-bond acceptors (Lipinski definition) is 5. The number of aryl methyl sites for hydroxylation is 1. The van der Waals surface area contributed by atoms with E-state index in [-0.39, 0.29) is 12.0 Å². The van der Waals surface area contributed by atoms with Crippen LogP contribution in [0.15, 0.2) is 17.0 Å². The first-order chi connectivity index (χ1) is 9.25. The van der Waals surface area contributed by atoms with Crippen molar-refractivity contribution in [2.24, 2.45) is 7.05 Å². The molecular formula is C13H18N4O2. The third-order valence-corrected chi connectivity index (χ3v) is 3.78. The molecule has 2 atom stereocenters. The fourth-order valence-corrected chi connectivity index (χ4v) is 2.64. The number of aliphatic hydroxyl groups excluding tert-OH is 1. The van der Waals surface area contributed by atoms with E-state index in [1.807, 2.05) is 11.6 Å². The standard InChI is InChI=1S/C13H18N4O2/c1-17-8-14-7-10(17)12-15-13(19-16-12)9-5-3-2-4-6-11(9)18/h7-9,11,18H,2-6H2,1H3. The summed E-state index contributed by atoms with van der Waals surface area (Å²) >= 11 is 0. The van der Waals surface area contributed by atoms with Crippen molar-refractivity contribution in [2.75, 3.05) is 0 Å². The molecule has 0 radical (unpaired) electrons. The van der Waals surface area contributed by atoms with Crippen molar-refractivity contribution in [3.05, 3.63) is 18.4 Å². The average Bonchev–Trinajstić information content (AvgIpc) is 2.97. The van der Waals surface area contributed by atoms with E-state index in [0.717, 1.165) is 37.8 Å². The molecule has 6 nitrogen and oxygen atoms in total. The Bertz CT molecular complexity index is 548. The lowest BCUT2D eigenvalue weighted by molar-refractivity contribution is 0.119. The van der Waals surface area contributed by atoms with Crippen LogP contribution in [0.5, 0.6) is 0 Å². The predicted octanol–water partition coefficient (Wildman–Crippen LogP) is 1.88. The predicted molar refractivity (Wildman–Crippen MR) is 68.3 cm³/mol. The molecule has 0 bridgehead atoms. The summed E-state index contributed by atoms with van der Waals surface area (Å²) in [4.78, 5) is 8.47. The van der Waals surface area contributed by atoms with Crippen molar-refractivity contribution < 1.29 is 9.63 Å². The summed E-state index contributed by atoms with van der Waals surface area (Å²) in [5.41, 5.74) is 0.818. The van der Waals surface area contributed by atoms with Crippen LogP contribution in [0.4, 0.5) is 0 Å². The second-order valence-corrected chi connectivity index (χ2v) is 5.16. The van der Waals surface area contributed by atoms with Crippen LogP contribution in [0.25, 0.3) is 11.5 Å². The third-order valence-electron chi connectivity index (χ3n) is 3.78. The van der Waals surface area contributed by atoms with Gasteiger partial charge in [0.25, 0.3) is 0 Å². The fourth-order valence-electron chi connectivity index (χ4n) is 2.64. The van der Waals surface area contributed by atoms with Gasteiger partial charge in [0.05, 0.1) is 24.5 Å². The Morgan fingerprint density at radius 2 is 2.16 bits per heavy atom. The van der Waals surface area contributed by atoms with Crippen LogP contribution in [0.1, 0.15) is 43.9 Å². The zero-order valence-corrected chi connectivity index (χ0v) is 11.0. The quantitative estimate of drug-likeness (QED) is 0.836. The minimum atomic E-state index is -0.373. The van der Waals surface area contributed by atoms with Gasteiger partial charge in [0.1, 0.15) is 5.69 Å².